The Labute approximate surface area is 78.8 Å². The number of nitrogens with zero attached hydrogens (tertiary/aromatic N) is 1. The number of rotatable bonds is 2. The molecule has 0 aromatic rings. The van der Waals surface area contributed by atoms with Gasteiger partial charge < -0.3 is 4.90 Å². The normalized spacial score (nSPS) is 6.58. The van der Waals surface area contributed by atoms with Gasteiger partial charge >= 0.3 is 0 Å². The van der Waals surface area contributed by atoms with Crippen molar-refractivity contribution in [3.63, 3.8) is 0 Å². The lowest BCUT2D eigenvalue weighted by molar-refractivity contribution is 0.524. The molecule has 0 aromatic heterocycles. The Morgan fingerprint density at radius 3 is 1.17 bits per heavy atom. The predicted molar refractivity (Wildman–Crippen MR) is 60.3 cm³/mol. The first-order valence-corrected chi connectivity index (χ1v) is 4.58. The van der Waals surface area contributed by atoms with E-state index in [-0.39, 0.29) is 0 Å². The third kappa shape index (κ3) is 12.0. The van der Waals surface area contributed by atoms with Crippen molar-refractivity contribution < 1.29 is 0 Å². The summed E-state index contributed by atoms with van der Waals surface area (Å²) in [5, 5.41) is 0. The molecular formula is C11H25N. The summed E-state index contributed by atoms with van der Waals surface area (Å²) < 4.78 is 0. The molecule has 1 nitrogen and oxygen atoms in total. The zero-order chi connectivity index (χ0) is 10.7. The Morgan fingerprint density at radius 2 is 1.17 bits per heavy atom. The van der Waals surface area contributed by atoms with Gasteiger partial charge in [0.05, 0.1) is 0 Å². The lowest BCUT2D eigenvalue weighted by atomic mass is 10.2. The summed E-state index contributed by atoms with van der Waals surface area (Å²) in [6, 6.07) is 0. The lowest BCUT2D eigenvalue weighted by Gasteiger charge is -2.14. The SMILES string of the molecule is C=C(C)C(=C)N(C)C.CC.CC. The fourth-order valence-electron chi connectivity index (χ4n) is 0.382. The predicted octanol–water partition coefficient (Wildman–Crippen LogP) is 3.69. The standard InChI is InChI=1S/C7H13N.2C2H6/c1-6(2)7(3)8(4)5;2*1-2/h1,3H2,2,4-5H3;2*1-2H3. The van der Waals surface area contributed by atoms with Crippen molar-refractivity contribution in [2.24, 2.45) is 0 Å². The van der Waals surface area contributed by atoms with Crippen molar-refractivity contribution in [3.05, 3.63) is 24.4 Å². The molecule has 0 bridgehead atoms. The van der Waals surface area contributed by atoms with Crippen LogP contribution in [0, 0.1) is 0 Å². The van der Waals surface area contributed by atoms with Crippen molar-refractivity contribution in [2.75, 3.05) is 14.1 Å². The highest BCUT2D eigenvalue weighted by Crippen LogP contribution is 2.04. The molecule has 1 heteroatoms. The zero-order valence-electron chi connectivity index (χ0n) is 9.86. The van der Waals surface area contributed by atoms with Gasteiger partial charge in [-0.1, -0.05) is 40.9 Å². The monoisotopic (exact) mass is 171 g/mol. The molecule has 0 rings (SSSR count). The third-order valence-corrected chi connectivity index (χ3v) is 1.03. The van der Waals surface area contributed by atoms with Crippen molar-refractivity contribution >= 4 is 0 Å². The molecule has 0 spiro atoms. The highest BCUT2D eigenvalue weighted by Gasteiger charge is 1.92. The van der Waals surface area contributed by atoms with Gasteiger partial charge in [0, 0.05) is 19.8 Å². The quantitative estimate of drug-likeness (QED) is 0.573. The van der Waals surface area contributed by atoms with E-state index in [1.54, 1.807) is 0 Å². The van der Waals surface area contributed by atoms with Gasteiger partial charge in [0.15, 0.2) is 0 Å². The van der Waals surface area contributed by atoms with Gasteiger partial charge in [0.2, 0.25) is 0 Å². The van der Waals surface area contributed by atoms with Crippen LogP contribution in [0.25, 0.3) is 0 Å². The molecule has 0 N–H and O–H groups in total. The second-order valence-corrected chi connectivity index (χ2v) is 2.12. The van der Waals surface area contributed by atoms with E-state index in [9.17, 15) is 0 Å². The minimum atomic E-state index is 0.991. The summed E-state index contributed by atoms with van der Waals surface area (Å²) in [5.74, 6) is 0. The molecule has 0 heterocycles. The summed E-state index contributed by atoms with van der Waals surface area (Å²) in [4.78, 5) is 1.95. The highest BCUT2D eigenvalue weighted by atomic mass is 15.1. The first-order valence-electron chi connectivity index (χ1n) is 4.58. The molecule has 0 saturated heterocycles. The molecule has 0 radical (unpaired) electrons. The molecule has 0 amide bonds. The lowest BCUT2D eigenvalue weighted by Crippen LogP contribution is -2.09. The smallest absolute Gasteiger partial charge is 0.0311 e. The van der Waals surface area contributed by atoms with Gasteiger partial charge in [-0.05, 0) is 12.5 Å². The fourth-order valence-corrected chi connectivity index (χ4v) is 0.382. The molecule has 0 atom stereocenters. The zero-order valence-corrected chi connectivity index (χ0v) is 9.86. The van der Waals surface area contributed by atoms with Crippen molar-refractivity contribution in [2.45, 2.75) is 34.6 Å². The fraction of sp³-hybridized carbons (Fsp3) is 0.636. The first kappa shape index (κ1) is 17.4. The minimum Gasteiger partial charge on any atom is -0.378 e. The molecule has 0 fully saturated rings. The maximum Gasteiger partial charge on any atom is 0.0311 e. The third-order valence-electron chi connectivity index (χ3n) is 1.03. The van der Waals surface area contributed by atoms with Crippen LogP contribution < -0.4 is 0 Å². The van der Waals surface area contributed by atoms with Gasteiger partial charge in [-0.3, -0.25) is 0 Å². The van der Waals surface area contributed by atoms with E-state index in [1.807, 2.05) is 53.6 Å². The Balaban J connectivity index is -0.000000175. The summed E-state index contributed by atoms with van der Waals surface area (Å²) >= 11 is 0. The molecule has 0 aliphatic rings. The van der Waals surface area contributed by atoms with Crippen LogP contribution in [0.5, 0.6) is 0 Å². The summed E-state index contributed by atoms with van der Waals surface area (Å²) in [7, 11) is 3.91. The Hall–Kier alpha value is -0.720. The van der Waals surface area contributed by atoms with Crippen LogP contribution in [0.15, 0.2) is 24.4 Å². The van der Waals surface area contributed by atoms with Crippen molar-refractivity contribution in [3.8, 4) is 0 Å². The van der Waals surface area contributed by atoms with Crippen LogP contribution >= 0.6 is 0 Å². The average molecular weight is 171 g/mol. The second-order valence-electron chi connectivity index (χ2n) is 2.12. The van der Waals surface area contributed by atoms with Gasteiger partial charge in [-0.15, -0.1) is 0 Å². The van der Waals surface area contributed by atoms with Gasteiger partial charge in [-0.2, -0.15) is 0 Å². The maximum atomic E-state index is 3.78. The maximum absolute atomic E-state index is 3.78. The van der Waals surface area contributed by atoms with Crippen LogP contribution in [0.4, 0.5) is 0 Å². The van der Waals surface area contributed by atoms with Crippen LogP contribution in [0.3, 0.4) is 0 Å². The second kappa shape index (κ2) is 12.9. The summed E-state index contributed by atoms with van der Waals surface area (Å²) in [6.45, 7) is 17.5. The summed E-state index contributed by atoms with van der Waals surface area (Å²) in [5.41, 5.74) is 2.01. The van der Waals surface area contributed by atoms with Crippen LogP contribution in [-0.2, 0) is 0 Å². The summed E-state index contributed by atoms with van der Waals surface area (Å²) in [6.07, 6.45) is 0. The number of likely N-dealkylation sites (N-methyl/N-ethyl adjacent to an activating group) is 1. The molecule has 12 heavy (non-hydrogen) atoms. The van der Waals surface area contributed by atoms with E-state index in [0.717, 1.165) is 11.3 Å². The van der Waals surface area contributed by atoms with Gasteiger partial charge in [-0.25, -0.2) is 0 Å². The van der Waals surface area contributed by atoms with Crippen LogP contribution in [0.1, 0.15) is 34.6 Å². The molecule has 0 aliphatic carbocycles. The van der Waals surface area contributed by atoms with E-state index in [4.69, 9.17) is 0 Å². The van der Waals surface area contributed by atoms with E-state index in [1.165, 1.54) is 0 Å². The molecule has 74 valence electrons. The Kier molecular flexibility index (Phi) is 18.7. The topological polar surface area (TPSA) is 3.24 Å². The number of allylic oxidation sites excluding steroid dienone is 1. The largest absolute Gasteiger partial charge is 0.378 e. The highest BCUT2D eigenvalue weighted by molar-refractivity contribution is 5.20. The number of hydrogen-bond donors (Lipinski definition) is 0. The van der Waals surface area contributed by atoms with E-state index in [0.29, 0.717) is 0 Å². The van der Waals surface area contributed by atoms with Crippen molar-refractivity contribution in [1.29, 1.82) is 0 Å². The van der Waals surface area contributed by atoms with Gasteiger partial charge in [0.1, 0.15) is 0 Å². The average Bonchev–Trinajstić information content (AvgIpc) is 2.10. The van der Waals surface area contributed by atoms with Crippen LogP contribution in [-0.4, -0.2) is 19.0 Å². The molecule has 0 aliphatic heterocycles. The minimum absolute atomic E-state index is 0.991. The van der Waals surface area contributed by atoms with E-state index < -0.39 is 0 Å². The molecule has 0 saturated carbocycles. The number of hydrogen-bond acceptors (Lipinski definition) is 1. The van der Waals surface area contributed by atoms with Crippen LogP contribution in [0.2, 0.25) is 0 Å². The van der Waals surface area contributed by atoms with Gasteiger partial charge in [0.25, 0.3) is 0 Å². The molecule has 0 aromatic carbocycles. The van der Waals surface area contributed by atoms with E-state index in [2.05, 4.69) is 13.2 Å². The van der Waals surface area contributed by atoms with E-state index >= 15 is 0 Å². The Bertz CT molecular complexity index is 112. The first-order chi connectivity index (χ1) is 5.55. The Morgan fingerprint density at radius 1 is 0.917 bits per heavy atom. The molecular weight excluding hydrogens is 146 g/mol. The molecule has 0 unspecified atom stereocenters. The van der Waals surface area contributed by atoms with Crippen molar-refractivity contribution in [1.82, 2.24) is 4.90 Å².